The molecular weight excluding hydrogens is 531 g/mol. The molecule has 1 atom stereocenters. The predicted octanol–water partition coefficient (Wildman–Crippen LogP) is 8.35. The number of carbonyl (C=O) groups excluding carboxylic acids is 2. The lowest BCUT2D eigenvalue weighted by Gasteiger charge is -2.30. The van der Waals surface area contributed by atoms with E-state index in [0.717, 1.165) is 33.4 Å². The van der Waals surface area contributed by atoms with Gasteiger partial charge in [0, 0.05) is 22.4 Å². The Balaban J connectivity index is 1.99. The van der Waals surface area contributed by atoms with E-state index in [9.17, 15) is 9.59 Å². The molecule has 0 aliphatic heterocycles. The average molecular weight is 562 g/mol. The second-order valence-corrected chi connectivity index (χ2v) is 10.0. The first-order valence-electron chi connectivity index (χ1n) is 12.9. The molecule has 200 valence electrons. The lowest BCUT2D eigenvalue weighted by Crippen LogP contribution is -2.26. The highest BCUT2D eigenvalue weighted by Crippen LogP contribution is 2.45. The molecule has 0 radical (unpaired) electrons. The number of halogens is 2. The fourth-order valence-corrected chi connectivity index (χ4v) is 5.09. The van der Waals surface area contributed by atoms with Crippen LogP contribution in [-0.2, 0) is 19.1 Å². The summed E-state index contributed by atoms with van der Waals surface area (Å²) in [6.45, 7) is 5.89. The highest BCUT2D eigenvalue weighted by atomic mass is 35.5. The van der Waals surface area contributed by atoms with Gasteiger partial charge in [-0.05, 0) is 78.9 Å². The summed E-state index contributed by atoms with van der Waals surface area (Å²) in [4.78, 5) is 26.6. The van der Waals surface area contributed by atoms with Crippen LogP contribution in [0.5, 0.6) is 0 Å². The Kier molecular flexibility index (Phi) is 9.45. The van der Waals surface area contributed by atoms with Gasteiger partial charge in [-0.3, -0.25) is 0 Å². The van der Waals surface area contributed by atoms with Crippen LogP contribution < -0.4 is 0 Å². The average Bonchev–Trinajstić information content (AvgIpc) is 2.94. The van der Waals surface area contributed by atoms with E-state index in [0.29, 0.717) is 21.2 Å². The minimum absolute atomic E-state index is 0.189. The van der Waals surface area contributed by atoms with Gasteiger partial charge >= 0.3 is 11.9 Å². The Labute approximate surface area is 239 Å². The Morgan fingerprint density at radius 1 is 0.795 bits per heavy atom. The molecule has 4 nitrogen and oxygen atoms in total. The number of esters is 2. The van der Waals surface area contributed by atoms with Crippen molar-refractivity contribution in [2.45, 2.75) is 33.1 Å². The van der Waals surface area contributed by atoms with Crippen LogP contribution in [0.15, 0.2) is 107 Å². The summed E-state index contributed by atoms with van der Waals surface area (Å²) in [7, 11) is 0. The summed E-state index contributed by atoms with van der Waals surface area (Å²) in [6, 6.07) is 24.9. The SMILES string of the molecule is CCOC(=O)C1=C(C(=O)OCC)C(c2ccccc2)C(C=C(c2ccc(Cl)cc2)c2ccc(Cl)cc2)=C(C)C1. The molecule has 0 saturated heterocycles. The Hall–Kier alpha value is -3.60. The molecule has 3 aromatic carbocycles. The van der Waals surface area contributed by atoms with Crippen LogP contribution in [0.2, 0.25) is 10.0 Å². The zero-order chi connectivity index (χ0) is 27.9. The van der Waals surface area contributed by atoms with Crippen LogP contribution in [-0.4, -0.2) is 25.2 Å². The lowest BCUT2D eigenvalue weighted by atomic mass is 9.73. The van der Waals surface area contributed by atoms with Gasteiger partial charge in [-0.25, -0.2) is 9.59 Å². The molecule has 0 bridgehead atoms. The minimum Gasteiger partial charge on any atom is -0.463 e. The minimum atomic E-state index is -0.534. The number of allylic oxidation sites excluding steroid dienone is 3. The molecule has 1 aliphatic carbocycles. The number of ether oxygens (including phenoxy) is 2. The monoisotopic (exact) mass is 560 g/mol. The van der Waals surface area contributed by atoms with E-state index in [1.165, 1.54) is 0 Å². The molecular formula is C33H30Cl2O4. The third-order valence-corrected chi connectivity index (χ3v) is 7.12. The van der Waals surface area contributed by atoms with Crippen LogP contribution in [0.4, 0.5) is 0 Å². The van der Waals surface area contributed by atoms with E-state index in [1.807, 2.05) is 85.8 Å². The standard InChI is InChI=1S/C33H30Cl2O4/c1-4-38-32(36)29-19-21(3)27(30(24-9-7-6-8-10-24)31(29)33(37)39-5-2)20-28(22-11-15-25(34)16-12-22)23-13-17-26(35)18-14-23/h6-18,20,30H,4-5,19H2,1-3H3. The van der Waals surface area contributed by atoms with Gasteiger partial charge in [0.2, 0.25) is 0 Å². The van der Waals surface area contributed by atoms with Crippen molar-refractivity contribution >= 4 is 40.7 Å². The van der Waals surface area contributed by atoms with Gasteiger partial charge in [-0.1, -0.05) is 83.4 Å². The number of hydrogen-bond acceptors (Lipinski definition) is 4. The summed E-state index contributed by atoms with van der Waals surface area (Å²) in [5.41, 5.74) is 6.22. The van der Waals surface area contributed by atoms with Crippen molar-refractivity contribution in [1.82, 2.24) is 0 Å². The number of benzene rings is 3. The first kappa shape index (κ1) is 28.4. The van der Waals surface area contributed by atoms with Crippen LogP contribution in [0.1, 0.15) is 49.8 Å². The summed E-state index contributed by atoms with van der Waals surface area (Å²) in [5, 5.41) is 1.27. The van der Waals surface area contributed by atoms with Crippen LogP contribution >= 0.6 is 23.2 Å². The van der Waals surface area contributed by atoms with E-state index in [2.05, 4.69) is 6.08 Å². The molecule has 0 spiro atoms. The molecule has 1 aliphatic rings. The van der Waals surface area contributed by atoms with E-state index >= 15 is 0 Å². The fraction of sp³-hybridized carbons (Fsp3) is 0.212. The van der Waals surface area contributed by atoms with Crippen molar-refractivity contribution in [2.75, 3.05) is 13.2 Å². The summed E-state index contributed by atoms with van der Waals surface area (Å²) in [6.07, 6.45) is 2.37. The van der Waals surface area contributed by atoms with Gasteiger partial charge in [-0.2, -0.15) is 0 Å². The molecule has 39 heavy (non-hydrogen) atoms. The third kappa shape index (κ3) is 6.52. The smallest absolute Gasteiger partial charge is 0.335 e. The fourth-order valence-electron chi connectivity index (χ4n) is 4.83. The maximum atomic E-state index is 13.5. The van der Waals surface area contributed by atoms with Crippen molar-refractivity contribution in [3.63, 3.8) is 0 Å². The Morgan fingerprint density at radius 2 is 1.31 bits per heavy atom. The van der Waals surface area contributed by atoms with E-state index in [-0.39, 0.29) is 19.6 Å². The van der Waals surface area contributed by atoms with Crippen LogP contribution in [0, 0.1) is 0 Å². The quantitative estimate of drug-likeness (QED) is 0.260. The highest BCUT2D eigenvalue weighted by molar-refractivity contribution is 6.31. The molecule has 0 saturated carbocycles. The van der Waals surface area contributed by atoms with Gasteiger partial charge in [0.15, 0.2) is 0 Å². The van der Waals surface area contributed by atoms with Crippen molar-refractivity contribution in [1.29, 1.82) is 0 Å². The lowest BCUT2D eigenvalue weighted by molar-refractivity contribution is -0.142. The number of rotatable bonds is 8. The first-order valence-corrected chi connectivity index (χ1v) is 13.6. The van der Waals surface area contributed by atoms with Gasteiger partial charge < -0.3 is 9.47 Å². The topological polar surface area (TPSA) is 52.6 Å². The second kappa shape index (κ2) is 13.0. The molecule has 3 aromatic rings. The first-order chi connectivity index (χ1) is 18.8. The van der Waals surface area contributed by atoms with Crippen molar-refractivity contribution in [3.05, 3.63) is 134 Å². The number of hydrogen-bond donors (Lipinski definition) is 0. The maximum Gasteiger partial charge on any atom is 0.335 e. The summed E-state index contributed by atoms with van der Waals surface area (Å²) < 4.78 is 10.9. The third-order valence-electron chi connectivity index (χ3n) is 6.62. The van der Waals surface area contributed by atoms with Crippen LogP contribution in [0.25, 0.3) is 5.57 Å². The molecule has 1 unspecified atom stereocenters. The van der Waals surface area contributed by atoms with Crippen molar-refractivity contribution in [3.8, 4) is 0 Å². The summed E-state index contributed by atoms with van der Waals surface area (Å²) >= 11 is 12.4. The normalized spacial score (nSPS) is 15.2. The van der Waals surface area contributed by atoms with E-state index < -0.39 is 17.9 Å². The maximum absolute atomic E-state index is 13.5. The molecule has 0 aromatic heterocycles. The number of carbonyl (C=O) groups is 2. The van der Waals surface area contributed by atoms with Crippen molar-refractivity contribution < 1.29 is 19.1 Å². The summed E-state index contributed by atoms with van der Waals surface area (Å²) in [5.74, 6) is -1.56. The zero-order valence-corrected chi connectivity index (χ0v) is 23.7. The van der Waals surface area contributed by atoms with E-state index in [4.69, 9.17) is 32.7 Å². The molecule has 0 N–H and O–H groups in total. The highest BCUT2D eigenvalue weighted by Gasteiger charge is 2.37. The second-order valence-electron chi connectivity index (χ2n) is 9.16. The molecule has 0 amide bonds. The van der Waals surface area contributed by atoms with Gasteiger partial charge in [-0.15, -0.1) is 0 Å². The zero-order valence-electron chi connectivity index (χ0n) is 22.2. The largest absolute Gasteiger partial charge is 0.463 e. The molecule has 4 rings (SSSR count). The Morgan fingerprint density at radius 3 is 1.82 bits per heavy atom. The van der Waals surface area contributed by atoms with Crippen LogP contribution in [0.3, 0.4) is 0 Å². The molecule has 0 heterocycles. The van der Waals surface area contributed by atoms with Gasteiger partial charge in [0.1, 0.15) is 0 Å². The molecule has 6 heteroatoms. The van der Waals surface area contributed by atoms with Gasteiger partial charge in [0.05, 0.1) is 24.4 Å². The van der Waals surface area contributed by atoms with Crippen molar-refractivity contribution in [2.24, 2.45) is 0 Å². The predicted molar refractivity (Wildman–Crippen MR) is 157 cm³/mol. The molecule has 0 fully saturated rings. The Bertz CT molecular complexity index is 1390. The van der Waals surface area contributed by atoms with E-state index in [1.54, 1.807) is 13.8 Å². The van der Waals surface area contributed by atoms with Gasteiger partial charge in [0.25, 0.3) is 0 Å².